The van der Waals surface area contributed by atoms with Gasteiger partial charge in [0.05, 0.1) is 6.10 Å². The second kappa shape index (κ2) is 5.05. The number of aliphatic hydroxyl groups is 1. The molecule has 23 heavy (non-hydrogen) atoms. The minimum Gasteiger partial charge on any atom is -0.393 e. The molecule has 3 fully saturated rings. The van der Waals surface area contributed by atoms with Gasteiger partial charge in [0.15, 0.2) is 5.78 Å². The summed E-state index contributed by atoms with van der Waals surface area (Å²) in [5.41, 5.74) is 1.79. The van der Waals surface area contributed by atoms with Crippen molar-refractivity contribution < 1.29 is 9.90 Å². The summed E-state index contributed by atoms with van der Waals surface area (Å²) < 4.78 is 0. The lowest BCUT2D eigenvalue weighted by molar-refractivity contribution is -0.111. The molecule has 126 valence electrons. The van der Waals surface area contributed by atoms with Crippen LogP contribution in [0.15, 0.2) is 23.8 Å². The molecule has 0 radical (unpaired) electrons. The van der Waals surface area contributed by atoms with Crippen LogP contribution in [-0.2, 0) is 4.79 Å². The average molecular weight is 314 g/mol. The van der Waals surface area contributed by atoms with Crippen molar-refractivity contribution in [2.24, 2.45) is 34.5 Å². The molecule has 2 heteroatoms. The molecule has 0 heterocycles. The SMILES string of the molecule is C[C@H](O)[C@H]1CC[C@H]2[C@@H]3CCC4=CC(=O)C=C[C@@]4(C)[C@@H]3CC[C@]12C. The molecule has 1 N–H and O–H groups in total. The summed E-state index contributed by atoms with van der Waals surface area (Å²) in [6.07, 6.45) is 13.0. The number of rotatable bonds is 1. The van der Waals surface area contributed by atoms with Crippen LogP contribution in [-0.4, -0.2) is 17.0 Å². The largest absolute Gasteiger partial charge is 0.393 e. The Morgan fingerprint density at radius 2 is 1.96 bits per heavy atom. The van der Waals surface area contributed by atoms with Crippen LogP contribution in [0.4, 0.5) is 0 Å². The Kier molecular flexibility index (Phi) is 3.43. The van der Waals surface area contributed by atoms with Crippen molar-refractivity contribution in [1.82, 2.24) is 0 Å². The van der Waals surface area contributed by atoms with E-state index < -0.39 is 0 Å². The molecular weight excluding hydrogens is 284 g/mol. The Morgan fingerprint density at radius 3 is 2.70 bits per heavy atom. The van der Waals surface area contributed by atoms with E-state index in [4.69, 9.17) is 0 Å². The van der Waals surface area contributed by atoms with Gasteiger partial charge in [-0.15, -0.1) is 0 Å². The predicted octanol–water partition coefficient (Wildman–Crippen LogP) is 4.29. The third-order valence-corrected chi connectivity index (χ3v) is 8.21. The molecule has 0 aliphatic heterocycles. The van der Waals surface area contributed by atoms with E-state index in [0.717, 1.165) is 18.3 Å². The quantitative estimate of drug-likeness (QED) is 0.784. The summed E-state index contributed by atoms with van der Waals surface area (Å²) in [7, 11) is 0. The standard InChI is InChI=1S/C21H30O2/c1-13(22)17-6-7-18-16-5-4-14-12-15(23)8-10-20(14,2)19(16)9-11-21(17,18)3/h8,10,12-13,16-19,22H,4-7,9,11H2,1-3H3/t13-,16-,17+,18-,19+,20+,21+/m0/s1. The highest BCUT2D eigenvalue weighted by Gasteiger charge is 2.58. The fourth-order valence-electron chi connectivity index (χ4n) is 7.03. The van der Waals surface area contributed by atoms with Gasteiger partial charge in [-0.2, -0.15) is 0 Å². The minimum atomic E-state index is -0.177. The number of allylic oxidation sites excluding steroid dienone is 4. The van der Waals surface area contributed by atoms with Crippen LogP contribution < -0.4 is 0 Å². The van der Waals surface area contributed by atoms with E-state index in [2.05, 4.69) is 19.9 Å². The van der Waals surface area contributed by atoms with E-state index in [1.165, 1.54) is 37.7 Å². The molecule has 7 atom stereocenters. The monoisotopic (exact) mass is 314 g/mol. The van der Waals surface area contributed by atoms with Gasteiger partial charge in [-0.25, -0.2) is 0 Å². The van der Waals surface area contributed by atoms with Crippen molar-refractivity contribution in [3.63, 3.8) is 0 Å². The number of hydrogen-bond donors (Lipinski definition) is 1. The molecule has 4 aliphatic carbocycles. The highest BCUT2D eigenvalue weighted by Crippen LogP contribution is 2.66. The molecular formula is C21H30O2. The molecule has 4 rings (SSSR count). The Hall–Kier alpha value is -0.890. The molecule has 0 amide bonds. The molecule has 4 aliphatic rings. The van der Waals surface area contributed by atoms with Gasteiger partial charge in [0.2, 0.25) is 0 Å². The molecule has 0 aromatic rings. The molecule has 0 spiro atoms. The van der Waals surface area contributed by atoms with Gasteiger partial charge < -0.3 is 5.11 Å². The van der Waals surface area contributed by atoms with Gasteiger partial charge in [-0.05, 0) is 86.7 Å². The van der Waals surface area contributed by atoms with Gasteiger partial charge in [-0.3, -0.25) is 4.79 Å². The van der Waals surface area contributed by atoms with Gasteiger partial charge in [0.25, 0.3) is 0 Å². The summed E-state index contributed by atoms with van der Waals surface area (Å²) in [5, 5.41) is 10.3. The first-order valence-corrected chi connectivity index (χ1v) is 9.48. The Balaban J connectivity index is 1.67. The molecule has 2 nitrogen and oxygen atoms in total. The van der Waals surface area contributed by atoms with Crippen LogP contribution >= 0.6 is 0 Å². The zero-order valence-electron chi connectivity index (χ0n) is 14.7. The normalized spacial score (nSPS) is 49.9. The Bertz CT molecular complexity index is 587. The fourth-order valence-corrected chi connectivity index (χ4v) is 7.03. The van der Waals surface area contributed by atoms with E-state index in [1.54, 1.807) is 6.08 Å². The summed E-state index contributed by atoms with van der Waals surface area (Å²) in [6.45, 7) is 6.80. The smallest absolute Gasteiger partial charge is 0.178 e. The highest BCUT2D eigenvalue weighted by molar-refractivity contribution is 6.01. The van der Waals surface area contributed by atoms with Crippen molar-refractivity contribution in [1.29, 1.82) is 0 Å². The van der Waals surface area contributed by atoms with Crippen molar-refractivity contribution in [3.05, 3.63) is 23.8 Å². The first kappa shape index (κ1) is 15.6. The zero-order valence-corrected chi connectivity index (χ0v) is 14.7. The second-order valence-corrected chi connectivity index (χ2v) is 9.07. The van der Waals surface area contributed by atoms with Gasteiger partial charge in [-0.1, -0.05) is 25.5 Å². The van der Waals surface area contributed by atoms with Crippen LogP contribution in [0.25, 0.3) is 0 Å². The number of aliphatic hydroxyl groups excluding tert-OH is 1. The first-order chi connectivity index (χ1) is 10.9. The lowest BCUT2D eigenvalue weighted by Gasteiger charge is -2.57. The van der Waals surface area contributed by atoms with Crippen LogP contribution in [0, 0.1) is 34.5 Å². The maximum atomic E-state index is 11.8. The van der Waals surface area contributed by atoms with Crippen LogP contribution in [0.2, 0.25) is 0 Å². The lowest BCUT2D eigenvalue weighted by Crippen LogP contribution is -2.50. The van der Waals surface area contributed by atoms with Crippen LogP contribution in [0.1, 0.15) is 59.3 Å². The van der Waals surface area contributed by atoms with E-state index in [9.17, 15) is 9.90 Å². The fraction of sp³-hybridized carbons (Fsp3) is 0.762. The minimum absolute atomic E-state index is 0.0983. The number of ketones is 1. The third-order valence-electron chi connectivity index (χ3n) is 8.21. The van der Waals surface area contributed by atoms with Crippen molar-refractivity contribution in [2.75, 3.05) is 0 Å². The Labute approximate surface area is 140 Å². The number of carbonyl (C=O) groups is 1. The number of fused-ring (bicyclic) bond motifs is 5. The summed E-state index contributed by atoms with van der Waals surface area (Å²) in [4.78, 5) is 11.8. The molecule has 0 aromatic carbocycles. The average Bonchev–Trinajstić information content (AvgIpc) is 2.85. The first-order valence-electron chi connectivity index (χ1n) is 9.48. The lowest BCUT2D eigenvalue weighted by atomic mass is 9.47. The van der Waals surface area contributed by atoms with Gasteiger partial charge in [0, 0.05) is 5.41 Å². The van der Waals surface area contributed by atoms with E-state index >= 15 is 0 Å². The van der Waals surface area contributed by atoms with E-state index in [0.29, 0.717) is 17.3 Å². The van der Waals surface area contributed by atoms with Crippen LogP contribution in [0.5, 0.6) is 0 Å². The zero-order chi connectivity index (χ0) is 16.4. The molecule has 0 bridgehead atoms. The second-order valence-electron chi connectivity index (χ2n) is 9.07. The molecule has 0 saturated heterocycles. The highest BCUT2D eigenvalue weighted by atomic mass is 16.3. The van der Waals surface area contributed by atoms with E-state index in [1.807, 2.05) is 13.0 Å². The maximum Gasteiger partial charge on any atom is 0.178 e. The van der Waals surface area contributed by atoms with Crippen molar-refractivity contribution in [3.8, 4) is 0 Å². The number of carbonyl (C=O) groups excluding carboxylic acids is 1. The molecule has 3 saturated carbocycles. The maximum absolute atomic E-state index is 11.8. The number of hydrogen-bond acceptors (Lipinski definition) is 2. The summed E-state index contributed by atoms with van der Waals surface area (Å²) >= 11 is 0. The van der Waals surface area contributed by atoms with Crippen LogP contribution in [0.3, 0.4) is 0 Å². The summed E-state index contributed by atoms with van der Waals surface area (Å²) in [5.74, 6) is 2.84. The Morgan fingerprint density at radius 1 is 1.17 bits per heavy atom. The topological polar surface area (TPSA) is 37.3 Å². The van der Waals surface area contributed by atoms with E-state index in [-0.39, 0.29) is 17.3 Å². The summed E-state index contributed by atoms with van der Waals surface area (Å²) in [6, 6.07) is 0. The van der Waals surface area contributed by atoms with Gasteiger partial charge in [0.1, 0.15) is 0 Å². The molecule has 0 aromatic heterocycles. The molecule has 0 unspecified atom stereocenters. The van der Waals surface area contributed by atoms with Gasteiger partial charge >= 0.3 is 0 Å². The predicted molar refractivity (Wildman–Crippen MR) is 91.8 cm³/mol. The van der Waals surface area contributed by atoms with Crippen molar-refractivity contribution >= 4 is 5.78 Å². The van der Waals surface area contributed by atoms with Crippen molar-refractivity contribution in [2.45, 2.75) is 65.4 Å². The third kappa shape index (κ3) is 2.06.